The molecule has 2 rings (SSSR count). The summed E-state index contributed by atoms with van der Waals surface area (Å²) in [4.78, 5) is 11.8. The molecule has 6 heteroatoms. The normalized spacial score (nSPS) is 16.9. The van der Waals surface area contributed by atoms with Crippen molar-refractivity contribution in [3.63, 3.8) is 0 Å². The lowest BCUT2D eigenvalue weighted by Crippen LogP contribution is -2.44. The number of nitrogens with zero attached hydrogens (tertiary/aromatic N) is 2. The maximum Gasteiger partial charge on any atom is 0.241 e. The lowest BCUT2D eigenvalue weighted by molar-refractivity contribution is -0.117. The molecule has 0 spiro atoms. The van der Waals surface area contributed by atoms with Crippen LogP contribution < -0.4 is 10.6 Å². The fourth-order valence-corrected chi connectivity index (χ4v) is 1.51. The van der Waals surface area contributed by atoms with Gasteiger partial charge in [-0.2, -0.15) is 5.10 Å². The summed E-state index contributed by atoms with van der Waals surface area (Å²) in [5, 5.41) is 10.3. The zero-order chi connectivity index (χ0) is 11.8. The van der Waals surface area contributed by atoms with Gasteiger partial charge in [-0.25, -0.2) is 4.68 Å². The molecule has 2 N–H and O–H groups in total. The summed E-state index contributed by atoms with van der Waals surface area (Å²) in [6.07, 6.45) is 1.70. The monoisotopic (exact) mass is 286 g/mol. The molecule has 5 nitrogen and oxygen atoms in total. The number of anilines is 1. The first kappa shape index (κ1) is 11.6. The highest BCUT2D eigenvalue weighted by Gasteiger charge is 2.27. The Labute approximate surface area is 103 Å². The molecule has 0 aromatic carbocycles. The molecule has 1 aromatic heterocycles. The summed E-state index contributed by atoms with van der Waals surface area (Å²) in [7, 11) is 0. The van der Waals surface area contributed by atoms with Crippen LogP contribution in [0.3, 0.4) is 0 Å². The molecule has 1 aromatic rings. The molecule has 1 saturated heterocycles. The van der Waals surface area contributed by atoms with Gasteiger partial charge in [0.2, 0.25) is 5.91 Å². The van der Waals surface area contributed by atoms with Gasteiger partial charge in [0.05, 0.1) is 16.6 Å². The van der Waals surface area contributed by atoms with E-state index in [9.17, 15) is 4.79 Å². The number of alkyl halides is 1. The molecule has 2 heterocycles. The Morgan fingerprint density at radius 1 is 1.69 bits per heavy atom. The highest BCUT2D eigenvalue weighted by atomic mass is 79.9. The van der Waals surface area contributed by atoms with Crippen LogP contribution in [-0.4, -0.2) is 33.1 Å². The molecule has 88 valence electrons. The third kappa shape index (κ3) is 2.27. The summed E-state index contributed by atoms with van der Waals surface area (Å²) in [5.41, 5.74) is 0. The molecule has 1 aliphatic heterocycles. The second-order valence-electron chi connectivity index (χ2n) is 4.40. The van der Waals surface area contributed by atoms with Gasteiger partial charge < -0.3 is 10.6 Å². The number of halogens is 1. The molecule has 0 aliphatic carbocycles. The second kappa shape index (κ2) is 4.18. The smallest absolute Gasteiger partial charge is 0.241 e. The van der Waals surface area contributed by atoms with Crippen LogP contribution in [0.5, 0.6) is 0 Å². The third-order valence-corrected chi connectivity index (χ3v) is 2.92. The van der Waals surface area contributed by atoms with Crippen LogP contribution in [0, 0.1) is 0 Å². The Balaban J connectivity index is 2.09. The van der Waals surface area contributed by atoms with Crippen molar-refractivity contribution in [2.75, 3.05) is 18.4 Å². The minimum absolute atomic E-state index is 0.0680. The van der Waals surface area contributed by atoms with E-state index in [0.717, 1.165) is 18.9 Å². The summed E-state index contributed by atoms with van der Waals surface area (Å²) in [6, 6.07) is 2.17. The standard InChI is InChI=1S/C10H15BrN4O/c1-10(2,11)9(16)14-8-3-4-13-15(8)7-5-12-6-7/h3-4,7,12H,5-6H2,1-2H3,(H,14,16). The molecular formula is C10H15BrN4O. The second-order valence-corrected chi connectivity index (χ2v) is 6.38. The molecule has 0 atom stereocenters. The van der Waals surface area contributed by atoms with Gasteiger partial charge in [0.25, 0.3) is 0 Å². The number of hydrogen-bond donors (Lipinski definition) is 2. The lowest BCUT2D eigenvalue weighted by atomic mass is 10.2. The van der Waals surface area contributed by atoms with Crippen molar-refractivity contribution in [1.29, 1.82) is 0 Å². The van der Waals surface area contributed by atoms with Gasteiger partial charge in [0.15, 0.2) is 0 Å². The van der Waals surface area contributed by atoms with Crippen LogP contribution in [-0.2, 0) is 4.79 Å². The van der Waals surface area contributed by atoms with E-state index in [1.165, 1.54) is 0 Å². The van der Waals surface area contributed by atoms with Gasteiger partial charge in [-0.15, -0.1) is 0 Å². The van der Waals surface area contributed by atoms with Crippen LogP contribution in [0.15, 0.2) is 12.3 Å². The quantitative estimate of drug-likeness (QED) is 0.820. The van der Waals surface area contributed by atoms with E-state index < -0.39 is 4.32 Å². The number of rotatable bonds is 3. The summed E-state index contributed by atoms with van der Waals surface area (Å²) in [6.45, 7) is 5.44. The average Bonchev–Trinajstić information content (AvgIpc) is 2.48. The first-order valence-electron chi connectivity index (χ1n) is 5.23. The van der Waals surface area contributed by atoms with Crippen molar-refractivity contribution in [3.8, 4) is 0 Å². The fourth-order valence-electron chi connectivity index (χ4n) is 1.42. The third-order valence-electron chi connectivity index (χ3n) is 2.56. The maximum atomic E-state index is 11.8. The van der Waals surface area contributed by atoms with E-state index in [2.05, 4.69) is 31.7 Å². The number of hydrogen-bond acceptors (Lipinski definition) is 3. The van der Waals surface area contributed by atoms with Crippen molar-refractivity contribution in [3.05, 3.63) is 12.3 Å². The van der Waals surface area contributed by atoms with E-state index in [4.69, 9.17) is 0 Å². The first-order valence-corrected chi connectivity index (χ1v) is 6.02. The van der Waals surface area contributed by atoms with E-state index in [1.54, 1.807) is 6.20 Å². The highest BCUT2D eigenvalue weighted by Crippen LogP contribution is 2.21. The summed E-state index contributed by atoms with van der Waals surface area (Å²) >= 11 is 3.33. The Morgan fingerprint density at radius 3 is 2.88 bits per heavy atom. The minimum Gasteiger partial charge on any atom is -0.312 e. The Bertz CT molecular complexity index is 392. The van der Waals surface area contributed by atoms with Crippen LogP contribution in [0.2, 0.25) is 0 Å². The van der Waals surface area contributed by atoms with Gasteiger partial charge in [0.1, 0.15) is 5.82 Å². The largest absolute Gasteiger partial charge is 0.312 e. The number of aromatic nitrogens is 2. The first-order chi connectivity index (χ1) is 7.48. The molecule has 1 fully saturated rings. The van der Waals surface area contributed by atoms with E-state index in [1.807, 2.05) is 24.6 Å². The van der Waals surface area contributed by atoms with Crippen molar-refractivity contribution < 1.29 is 4.79 Å². The number of amides is 1. The molecule has 0 unspecified atom stereocenters. The van der Waals surface area contributed by atoms with Crippen LogP contribution in [0.1, 0.15) is 19.9 Å². The maximum absolute atomic E-state index is 11.8. The zero-order valence-electron chi connectivity index (χ0n) is 9.33. The van der Waals surface area contributed by atoms with E-state index >= 15 is 0 Å². The molecular weight excluding hydrogens is 272 g/mol. The minimum atomic E-state index is -0.569. The van der Waals surface area contributed by atoms with Crippen LogP contribution in [0.25, 0.3) is 0 Å². The molecule has 16 heavy (non-hydrogen) atoms. The van der Waals surface area contributed by atoms with Gasteiger partial charge in [0, 0.05) is 19.2 Å². The average molecular weight is 287 g/mol. The summed E-state index contributed by atoms with van der Waals surface area (Å²) in [5.74, 6) is 0.686. The van der Waals surface area contributed by atoms with Gasteiger partial charge >= 0.3 is 0 Å². The van der Waals surface area contributed by atoms with Crippen molar-refractivity contribution in [2.45, 2.75) is 24.2 Å². The van der Waals surface area contributed by atoms with Crippen molar-refractivity contribution >= 4 is 27.7 Å². The van der Waals surface area contributed by atoms with Gasteiger partial charge in [-0.3, -0.25) is 4.79 Å². The van der Waals surface area contributed by atoms with E-state index in [-0.39, 0.29) is 5.91 Å². The lowest BCUT2D eigenvalue weighted by Gasteiger charge is -2.29. The van der Waals surface area contributed by atoms with Crippen LogP contribution >= 0.6 is 15.9 Å². The van der Waals surface area contributed by atoms with Crippen molar-refractivity contribution in [2.24, 2.45) is 0 Å². The molecule has 0 saturated carbocycles. The van der Waals surface area contributed by atoms with Crippen molar-refractivity contribution in [1.82, 2.24) is 15.1 Å². The molecule has 1 amide bonds. The number of carbonyl (C=O) groups is 1. The van der Waals surface area contributed by atoms with Gasteiger partial charge in [-0.1, -0.05) is 15.9 Å². The van der Waals surface area contributed by atoms with E-state index in [0.29, 0.717) is 6.04 Å². The van der Waals surface area contributed by atoms with Gasteiger partial charge in [-0.05, 0) is 13.8 Å². The molecule has 0 radical (unpaired) electrons. The SMILES string of the molecule is CC(C)(Br)C(=O)Nc1ccnn1C1CNC1. The Morgan fingerprint density at radius 2 is 2.38 bits per heavy atom. The highest BCUT2D eigenvalue weighted by molar-refractivity contribution is 9.10. The predicted octanol–water partition coefficient (Wildman–Crippen LogP) is 1.14. The Hall–Kier alpha value is -0.880. The molecule has 1 aliphatic rings. The fraction of sp³-hybridized carbons (Fsp3) is 0.600. The predicted molar refractivity (Wildman–Crippen MR) is 65.8 cm³/mol. The van der Waals surface area contributed by atoms with Crippen LogP contribution in [0.4, 0.5) is 5.82 Å². The number of carbonyl (C=O) groups excluding carboxylic acids is 1. The number of nitrogens with one attached hydrogen (secondary N) is 2. The Kier molecular flexibility index (Phi) is 3.03. The molecule has 0 bridgehead atoms. The summed E-state index contributed by atoms with van der Waals surface area (Å²) < 4.78 is 1.28. The topological polar surface area (TPSA) is 59.0 Å². The zero-order valence-corrected chi connectivity index (χ0v) is 10.9.